The number of aromatic nitrogens is 2. The van der Waals surface area contributed by atoms with Gasteiger partial charge in [0.15, 0.2) is 0 Å². The van der Waals surface area contributed by atoms with Gasteiger partial charge in [-0.1, -0.05) is 6.07 Å². The first-order chi connectivity index (χ1) is 6.77. The molecule has 72 valence electrons. The van der Waals surface area contributed by atoms with E-state index in [0.29, 0.717) is 0 Å². The average Bonchev–Trinajstić information content (AvgIpc) is 2.69. The minimum atomic E-state index is -0.159. The number of pyridine rings is 1. The van der Waals surface area contributed by atoms with Crippen LogP contribution in [0.4, 0.5) is 0 Å². The van der Waals surface area contributed by atoms with Gasteiger partial charge in [0.05, 0.1) is 11.7 Å². The molecule has 2 aromatic rings. The van der Waals surface area contributed by atoms with Crippen LogP contribution in [-0.4, -0.2) is 9.36 Å². The Bertz CT molecular complexity index is 411. The number of rotatable bonds is 2. The van der Waals surface area contributed by atoms with Crippen LogP contribution in [0.1, 0.15) is 22.9 Å². The Morgan fingerprint density at radius 3 is 2.93 bits per heavy atom. The van der Waals surface area contributed by atoms with Gasteiger partial charge < -0.3 is 5.73 Å². The van der Waals surface area contributed by atoms with E-state index in [4.69, 9.17) is 5.73 Å². The van der Waals surface area contributed by atoms with E-state index in [1.165, 1.54) is 11.5 Å². The zero-order valence-electron chi connectivity index (χ0n) is 7.84. The first-order valence-electron chi connectivity index (χ1n) is 4.35. The highest BCUT2D eigenvalue weighted by Crippen LogP contribution is 2.18. The molecule has 2 aromatic heterocycles. The van der Waals surface area contributed by atoms with Gasteiger partial charge in [-0.25, -0.2) is 0 Å². The topological polar surface area (TPSA) is 51.8 Å². The summed E-state index contributed by atoms with van der Waals surface area (Å²) in [5.41, 5.74) is 9.07. The highest BCUT2D eigenvalue weighted by Gasteiger charge is 2.10. The second kappa shape index (κ2) is 3.86. The fourth-order valence-corrected chi connectivity index (χ4v) is 1.86. The predicted octanol–water partition coefficient (Wildman–Crippen LogP) is 1.89. The van der Waals surface area contributed by atoms with Gasteiger partial charge in [0.1, 0.15) is 0 Å². The summed E-state index contributed by atoms with van der Waals surface area (Å²) >= 11 is 1.42. The molecule has 0 fully saturated rings. The van der Waals surface area contributed by atoms with Crippen molar-refractivity contribution in [3.05, 3.63) is 46.7 Å². The van der Waals surface area contributed by atoms with Crippen molar-refractivity contribution in [1.82, 2.24) is 9.36 Å². The van der Waals surface area contributed by atoms with E-state index in [1.54, 1.807) is 6.20 Å². The molecule has 2 N–H and O–H groups in total. The Balaban J connectivity index is 2.32. The zero-order chi connectivity index (χ0) is 9.97. The Kier molecular flexibility index (Phi) is 2.56. The molecular formula is C10H11N3S. The van der Waals surface area contributed by atoms with Gasteiger partial charge in [-0.05, 0) is 35.6 Å². The quantitative estimate of drug-likeness (QED) is 0.814. The second-order valence-electron chi connectivity index (χ2n) is 3.20. The van der Waals surface area contributed by atoms with Crippen LogP contribution in [0.15, 0.2) is 29.9 Å². The summed E-state index contributed by atoms with van der Waals surface area (Å²) in [6, 6.07) is 3.82. The van der Waals surface area contributed by atoms with Gasteiger partial charge in [-0.15, -0.1) is 0 Å². The lowest BCUT2D eigenvalue weighted by Crippen LogP contribution is -2.12. The van der Waals surface area contributed by atoms with Gasteiger partial charge in [0.2, 0.25) is 0 Å². The molecule has 3 nitrogen and oxygen atoms in total. The summed E-state index contributed by atoms with van der Waals surface area (Å²) in [5.74, 6) is 0. The van der Waals surface area contributed by atoms with Crippen molar-refractivity contribution in [1.29, 1.82) is 0 Å². The smallest absolute Gasteiger partial charge is 0.0755 e. The number of nitrogens with two attached hydrogens (primary N) is 1. The lowest BCUT2D eigenvalue weighted by Gasteiger charge is -2.08. The summed E-state index contributed by atoms with van der Waals surface area (Å²) in [7, 11) is 0. The minimum Gasteiger partial charge on any atom is -0.319 e. The Hall–Kier alpha value is -1.26. The summed E-state index contributed by atoms with van der Waals surface area (Å²) in [5, 5.41) is 1.93. The SMILES string of the molecule is Cc1cncc(C(N)c2ccsn2)c1. The van der Waals surface area contributed by atoms with Crippen LogP contribution >= 0.6 is 11.5 Å². The summed E-state index contributed by atoms with van der Waals surface area (Å²) in [6.45, 7) is 2.00. The molecule has 1 atom stereocenters. The fourth-order valence-electron chi connectivity index (χ4n) is 1.30. The number of nitrogens with zero attached hydrogens (tertiary/aromatic N) is 2. The summed E-state index contributed by atoms with van der Waals surface area (Å²) in [6.07, 6.45) is 3.61. The van der Waals surface area contributed by atoms with E-state index >= 15 is 0 Å². The Morgan fingerprint density at radius 2 is 2.29 bits per heavy atom. The molecule has 0 aromatic carbocycles. The molecule has 0 saturated heterocycles. The third-order valence-corrected chi connectivity index (χ3v) is 2.61. The fraction of sp³-hybridized carbons (Fsp3) is 0.200. The third kappa shape index (κ3) is 1.81. The van der Waals surface area contributed by atoms with Crippen molar-refractivity contribution in [3.63, 3.8) is 0 Å². The summed E-state index contributed by atoms with van der Waals surface area (Å²) in [4.78, 5) is 4.11. The Morgan fingerprint density at radius 1 is 1.43 bits per heavy atom. The standard InChI is InChI=1S/C10H11N3S/c1-7-4-8(6-12-5-7)10(11)9-2-3-14-13-9/h2-6,10H,11H2,1H3. The molecule has 0 saturated carbocycles. The van der Waals surface area contributed by atoms with Crippen molar-refractivity contribution in [2.45, 2.75) is 13.0 Å². The zero-order valence-corrected chi connectivity index (χ0v) is 8.66. The van der Waals surface area contributed by atoms with Crippen LogP contribution in [0.2, 0.25) is 0 Å². The maximum absolute atomic E-state index is 6.03. The number of aryl methyl sites for hydroxylation is 1. The molecule has 2 heterocycles. The maximum atomic E-state index is 6.03. The number of hydrogen-bond acceptors (Lipinski definition) is 4. The lowest BCUT2D eigenvalue weighted by molar-refractivity contribution is 0.837. The molecule has 0 amide bonds. The van der Waals surface area contributed by atoms with Gasteiger partial charge in [0.25, 0.3) is 0 Å². The molecule has 0 aliphatic carbocycles. The van der Waals surface area contributed by atoms with Crippen molar-refractivity contribution in [2.75, 3.05) is 0 Å². The van der Waals surface area contributed by atoms with Crippen LogP contribution < -0.4 is 5.73 Å². The lowest BCUT2D eigenvalue weighted by atomic mass is 10.1. The molecule has 0 spiro atoms. The maximum Gasteiger partial charge on any atom is 0.0755 e. The van der Waals surface area contributed by atoms with Gasteiger partial charge in [-0.2, -0.15) is 4.37 Å². The van der Waals surface area contributed by atoms with Crippen LogP contribution in [0.5, 0.6) is 0 Å². The first kappa shape index (κ1) is 9.30. The predicted molar refractivity (Wildman–Crippen MR) is 57.1 cm³/mol. The molecule has 0 aliphatic rings. The number of hydrogen-bond donors (Lipinski definition) is 1. The van der Waals surface area contributed by atoms with Crippen LogP contribution in [0, 0.1) is 6.92 Å². The molecule has 2 rings (SSSR count). The van der Waals surface area contributed by atoms with E-state index < -0.39 is 0 Å². The Labute approximate surface area is 86.8 Å². The monoisotopic (exact) mass is 205 g/mol. The third-order valence-electron chi connectivity index (χ3n) is 2.03. The normalized spacial score (nSPS) is 12.7. The van der Waals surface area contributed by atoms with E-state index in [9.17, 15) is 0 Å². The minimum absolute atomic E-state index is 0.159. The van der Waals surface area contributed by atoms with E-state index in [1.807, 2.05) is 30.6 Å². The van der Waals surface area contributed by atoms with Crippen molar-refractivity contribution < 1.29 is 0 Å². The molecule has 0 bridgehead atoms. The van der Waals surface area contributed by atoms with Crippen molar-refractivity contribution >= 4 is 11.5 Å². The molecule has 14 heavy (non-hydrogen) atoms. The van der Waals surface area contributed by atoms with E-state index in [2.05, 4.69) is 9.36 Å². The van der Waals surface area contributed by atoms with Gasteiger partial charge in [-0.3, -0.25) is 4.98 Å². The summed E-state index contributed by atoms with van der Waals surface area (Å²) < 4.78 is 4.21. The molecular weight excluding hydrogens is 194 g/mol. The second-order valence-corrected chi connectivity index (χ2v) is 3.86. The van der Waals surface area contributed by atoms with E-state index in [0.717, 1.165) is 16.8 Å². The molecule has 0 aliphatic heterocycles. The van der Waals surface area contributed by atoms with Crippen molar-refractivity contribution in [2.24, 2.45) is 5.73 Å². The largest absolute Gasteiger partial charge is 0.319 e. The van der Waals surface area contributed by atoms with Crippen LogP contribution in [0.3, 0.4) is 0 Å². The average molecular weight is 205 g/mol. The first-order valence-corrected chi connectivity index (χ1v) is 5.18. The van der Waals surface area contributed by atoms with Crippen LogP contribution in [0.25, 0.3) is 0 Å². The molecule has 4 heteroatoms. The van der Waals surface area contributed by atoms with Gasteiger partial charge >= 0.3 is 0 Å². The molecule has 0 radical (unpaired) electrons. The van der Waals surface area contributed by atoms with E-state index in [-0.39, 0.29) is 6.04 Å². The highest BCUT2D eigenvalue weighted by molar-refractivity contribution is 7.03. The van der Waals surface area contributed by atoms with Crippen LogP contribution in [-0.2, 0) is 0 Å². The van der Waals surface area contributed by atoms with Gasteiger partial charge in [0, 0.05) is 17.8 Å². The highest BCUT2D eigenvalue weighted by atomic mass is 32.1. The molecule has 1 unspecified atom stereocenters. The van der Waals surface area contributed by atoms with Crippen molar-refractivity contribution in [3.8, 4) is 0 Å².